The van der Waals surface area contributed by atoms with Crippen LogP contribution in [0.2, 0.25) is 0 Å². The number of amides is 2. The van der Waals surface area contributed by atoms with E-state index in [2.05, 4.69) is 34.9 Å². The lowest BCUT2D eigenvalue weighted by atomic mass is 9.98. The van der Waals surface area contributed by atoms with Gasteiger partial charge in [0.05, 0.1) is 25.2 Å². The number of carbonyl (C=O) groups is 3. The van der Waals surface area contributed by atoms with E-state index in [1.54, 1.807) is 0 Å². The van der Waals surface area contributed by atoms with Crippen LogP contribution in [0.15, 0.2) is 48.5 Å². The van der Waals surface area contributed by atoms with Crippen LogP contribution < -0.4 is 10.6 Å². The molecule has 3 atom stereocenters. The number of alkyl carbamates (subject to hydrolysis) is 1. The van der Waals surface area contributed by atoms with E-state index in [9.17, 15) is 14.4 Å². The monoisotopic (exact) mass is 466 g/mol. The highest BCUT2D eigenvalue weighted by atomic mass is 16.5. The number of nitrogens with one attached hydrogen (secondary N) is 2. The summed E-state index contributed by atoms with van der Waals surface area (Å²) in [5.41, 5.74) is 4.57. The Morgan fingerprint density at radius 1 is 1.06 bits per heavy atom. The predicted octanol–water partition coefficient (Wildman–Crippen LogP) is 3.16. The lowest BCUT2D eigenvalue weighted by Crippen LogP contribution is -2.47. The predicted molar refractivity (Wildman–Crippen MR) is 125 cm³/mol. The van der Waals surface area contributed by atoms with E-state index in [-0.39, 0.29) is 50.5 Å². The quantitative estimate of drug-likeness (QED) is 0.523. The number of ether oxygens (including phenoxy) is 2. The number of carbonyl (C=O) groups excluding carboxylic acids is 2. The van der Waals surface area contributed by atoms with Crippen LogP contribution in [0, 0.1) is 11.8 Å². The van der Waals surface area contributed by atoms with E-state index < -0.39 is 24.0 Å². The van der Waals surface area contributed by atoms with Gasteiger partial charge in [0, 0.05) is 18.9 Å². The molecule has 8 heteroatoms. The molecule has 34 heavy (non-hydrogen) atoms. The first-order valence-electron chi connectivity index (χ1n) is 11.7. The molecule has 2 aromatic carbocycles. The molecule has 1 saturated heterocycles. The SMILES string of the molecule is CCC(CNC(=O)C1COCC1NC(=O)OCC1c2ccccc2-c2ccccc21)CC(=O)O. The maximum absolute atomic E-state index is 12.7. The maximum Gasteiger partial charge on any atom is 0.407 e. The number of rotatable bonds is 9. The van der Waals surface area contributed by atoms with E-state index in [0.29, 0.717) is 6.42 Å². The second-order valence-corrected chi connectivity index (χ2v) is 8.84. The molecular weight excluding hydrogens is 436 g/mol. The molecule has 8 nitrogen and oxygen atoms in total. The van der Waals surface area contributed by atoms with Gasteiger partial charge >= 0.3 is 12.1 Å². The molecule has 0 radical (unpaired) electrons. The first-order valence-corrected chi connectivity index (χ1v) is 11.7. The highest BCUT2D eigenvalue weighted by Crippen LogP contribution is 2.44. The first-order chi connectivity index (χ1) is 16.5. The smallest absolute Gasteiger partial charge is 0.407 e. The summed E-state index contributed by atoms with van der Waals surface area (Å²) < 4.78 is 11.0. The molecule has 0 bridgehead atoms. The van der Waals surface area contributed by atoms with Crippen molar-refractivity contribution in [2.24, 2.45) is 11.8 Å². The van der Waals surface area contributed by atoms with Crippen LogP contribution >= 0.6 is 0 Å². The third-order valence-corrected chi connectivity index (χ3v) is 6.67. The molecule has 180 valence electrons. The molecule has 2 aliphatic rings. The van der Waals surface area contributed by atoms with Gasteiger partial charge in [-0.1, -0.05) is 61.9 Å². The number of carboxylic acids is 1. The Labute approximate surface area is 198 Å². The van der Waals surface area contributed by atoms with Crippen molar-refractivity contribution in [1.82, 2.24) is 10.6 Å². The summed E-state index contributed by atoms with van der Waals surface area (Å²) in [6, 6.07) is 15.7. The van der Waals surface area contributed by atoms with Crippen molar-refractivity contribution < 1.29 is 29.0 Å². The second kappa shape index (κ2) is 10.7. The van der Waals surface area contributed by atoms with Gasteiger partial charge in [0.1, 0.15) is 6.61 Å². The van der Waals surface area contributed by atoms with Crippen LogP contribution in [0.3, 0.4) is 0 Å². The summed E-state index contributed by atoms with van der Waals surface area (Å²) in [7, 11) is 0. The van der Waals surface area contributed by atoms with Crippen LogP contribution in [0.4, 0.5) is 4.79 Å². The van der Waals surface area contributed by atoms with E-state index >= 15 is 0 Å². The highest BCUT2D eigenvalue weighted by molar-refractivity contribution is 5.81. The Morgan fingerprint density at radius 3 is 2.32 bits per heavy atom. The summed E-state index contributed by atoms with van der Waals surface area (Å²) in [5.74, 6) is -1.89. The lowest BCUT2D eigenvalue weighted by molar-refractivity contribution is -0.138. The van der Waals surface area contributed by atoms with E-state index in [4.69, 9.17) is 14.6 Å². The molecule has 0 aromatic heterocycles. The third kappa shape index (κ3) is 5.22. The van der Waals surface area contributed by atoms with Crippen molar-refractivity contribution in [3.8, 4) is 11.1 Å². The molecule has 4 rings (SSSR count). The fourth-order valence-corrected chi connectivity index (χ4v) is 4.73. The zero-order valence-electron chi connectivity index (χ0n) is 19.2. The molecule has 3 N–H and O–H groups in total. The van der Waals surface area contributed by atoms with Crippen molar-refractivity contribution in [2.75, 3.05) is 26.4 Å². The zero-order valence-corrected chi connectivity index (χ0v) is 19.2. The largest absolute Gasteiger partial charge is 0.481 e. The summed E-state index contributed by atoms with van der Waals surface area (Å²) in [6.45, 7) is 2.76. The van der Waals surface area contributed by atoms with Gasteiger partial charge in [-0.05, 0) is 28.2 Å². The fraction of sp³-hybridized carbons (Fsp3) is 0.423. The number of benzene rings is 2. The average Bonchev–Trinajstić information content (AvgIpc) is 3.42. The Balaban J connectivity index is 1.32. The summed E-state index contributed by atoms with van der Waals surface area (Å²) in [5, 5.41) is 14.6. The van der Waals surface area contributed by atoms with Crippen LogP contribution in [0.25, 0.3) is 11.1 Å². The molecular formula is C26H30N2O6. The highest BCUT2D eigenvalue weighted by Gasteiger charge is 2.36. The number of carboxylic acid groups (broad SMARTS) is 1. The Morgan fingerprint density at radius 2 is 1.71 bits per heavy atom. The summed E-state index contributed by atoms with van der Waals surface area (Å²) in [6.07, 6.45) is 0.0571. The molecule has 1 aliphatic carbocycles. The van der Waals surface area contributed by atoms with Crippen LogP contribution in [0.5, 0.6) is 0 Å². The van der Waals surface area contributed by atoms with Gasteiger partial charge in [-0.15, -0.1) is 0 Å². The minimum absolute atomic E-state index is 0.000620. The first kappa shape index (κ1) is 23.8. The minimum atomic E-state index is -0.889. The van der Waals surface area contributed by atoms with Gasteiger partial charge in [-0.25, -0.2) is 4.79 Å². The summed E-state index contributed by atoms with van der Waals surface area (Å²) in [4.78, 5) is 36.2. The van der Waals surface area contributed by atoms with Crippen LogP contribution in [-0.4, -0.2) is 55.5 Å². The summed E-state index contributed by atoms with van der Waals surface area (Å²) >= 11 is 0. The molecule has 2 amide bonds. The van der Waals surface area contributed by atoms with Crippen molar-refractivity contribution in [1.29, 1.82) is 0 Å². The van der Waals surface area contributed by atoms with Crippen LogP contribution in [0.1, 0.15) is 36.8 Å². The molecule has 3 unspecified atom stereocenters. The Kier molecular flexibility index (Phi) is 7.47. The second-order valence-electron chi connectivity index (χ2n) is 8.84. The van der Waals surface area contributed by atoms with E-state index in [0.717, 1.165) is 22.3 Å². The number of hydrogen-bond donors (Lipinski definition) is 3. The Bertz CT molecular complexity index is 1010. The van der Waals surface area contributed by atoms with Gasteiger partial charge < -0.3 is 25.2 Å². The van der Waals surface area contributed by atoms with Gasteiger partial charge in [0.2, 0.25) is 5.91 Å². The molecule has 2 aromatic rings. The van der Waals surface area contributed by atoms with Crippen molar-refractivity contribution in [3.63, 3.8) is 0 Å². The van der Waals surface area contributed by atoms with E-state index in [1.165, 1.54) is 0 Å². The van der Waals surface area contributed by atoms with E-state index in [1.807, 2.05) is 31.2 Å². The average molecular weight is 467 g/mol. The Hall–Kier alpha value is -3.39. The van der Waals surface area contributed by atoms with Crippen molar-refractivity contribution in [2.45, 2.75) is 31.7 Å². The lowest BCUT2D eigenvalue weighted by Gasteiger charge is -2.21. The number of aliphatic carboxylic acids is 1. The molecule has 0 spiro atoms. The molecule has 1 heterocycles. The minimum Gasteiger partial charge on any atom is -0.481 e. The molecule has 1 aliphatic heterocycles. The van der Waals surface area contributed by atoms with Crippen molar-refractivity contribution in [3.05, 3.63) is 59.7 Å². The van der Waals surface area contributed by atoms with Gasteiger partial charge in [0.15, 0.2) is 0 Å². The fourth-order valence-electron chi connectivity index (χ4n) is 4.73. The van der Waals surface area contributed by atoms with Crippen molar-refractivity contribution >= 4 is 18.0 Å². The zero-order chi connectivity index (χ0) is 24.1. The normalized spacial score (nSPS) is 19.7. The van der Waals surface area contributed by atoms with Gasteiger partial charge in [0.25, 0.3) is 0 Å². The maximum atomic E-state index is 12.7. The number of fused-ring (bicyclic) bond motifs is 3. The topological polar surface area (TPSA) is 114 Å². The standard InChI is InChI=1S/C26H30N2O6/c1-2-16(11-24(29)30)12-27-25(31)22-13-33-15-23(22)28-26(32)34-14-21-19-9-5-3-7-17(19)18-8-4-6-10-20(18)21/h3-10,16,21-23H,2,11-15H2,1H3,(H,27,31)(H,28,32)(H,29,30). The third-order valence-electron chi connectivity index (χ3n) is 6.67. The van der Waals surface area contributed by atoms with Gasteiger partial charge in [-0.2, -0.15) is 0 Å². The molecule has 0 saturated carbocycles. The number of hydrogen-bond acceptors (Lipinski definition) is 5. The van der Waals surface area contributed by atoms with Gasteiger partial charge in [-0.3, -0.25) is 9.59 Å². The van der Waals surface area contributed by atoms with Crippen LogP contribution in [-0.2, 0) is 19.1 Å². The molecule has 1 fully saturated rings.